The SMILES string of the molecule is COc1c(F)ccc(Br)c1-c1cnn(C)c1N. The number of benzene rings is 1. The predicted molar refractivity (Wildman–Crippen MR) is 67.3 cm³/mol. The van der Waals surface area contributed by atoms with E-state index in [1.54, 1.807) is 19.3 Å². The van der Waals surface area contributed by atoms with Crippen LogP contribution in [0.4, 0.5) is 10.2 Å². The third kappa shape index (κ3) is 1.88. The summed E-state index contributed by atoms with van der Waals surface area (Å²) in [6.07, 6.45) is 1.58. The summed E-state index contributed by atoms with van der Waals surface area (Å²) in [6, 6.07) is 2.94. The normalized spacial score (nSPS) is 10.6. The lowest BCUT2D eigenvalue weighted by Crippen LogP contribution is -1.99. The van der Waals surface area contributed by atoms with Gasteiger partial charge in [0.1, 0.15) is 5.82 Å². The van der Waals surface area contributed by atoms with Crippen molar-refractivity contribution >= 4 is 21.7 Å². The number of aryl methyl sites for hydroxylation is 1. The molecular formula is C11H11BrFN3O. The van der Waals surface area contributed by atoms with E-state index in [1.807, 2.05) is 0 Å². The van der Waals surface area contributed by atoms with Crippen molar-refractivity contribution < 1.29 is 9.13 Å². The number of nitrogen functional groups attached to an aromatic ring is 1. The second-order valence-electron chi connectivity index (χ2n) is 3.50. The van der Waals surface area contributed by atoms with Crippen LogP contribution < -0.4 is 10.5 Å². The monoisotopic (exact) mass is 299 g/mol. The molecule has 17 heavy (non-hydrogen) atoms. The Morgan fingerprint density at radius 1 is 1.47 bits per heavy atom. The molecule has 0 aliphatic heterocycles. The predicted octanol–water partition coefficient (Wildman–Crippen LogP) is 2.58. The van der Waals surface area contributed by atoms with Gasteiger partial charge in [-0.2, -0.15) is 5.10 Å². The Balaban J connectivity index is 2.74. The van der Waals surface area contributed by atoms with E-state index in [0.717, 1.165) is 0 Å². The molecule has 0 saturated carbocycles. The molecule has 2 aromatic rings. The minimum Gasteiger partial charge on any atom is -0.493 e. The minimum absolute atomic E-state index is 0.152. The molecule has 0 aliphatic carbocycles. The van der Waals surface area contributed by atoms with Gasteiger partial charge in [0.25, 0.3) is 0 Å². The fourth-order valence-corrected chi connectivity index (χ4v) is 2.15. The van der Waals surface area contributed by atoms with Gasteiger partial charge in [-0.3, -0.25) is 4.68 Å². The number of hydrogen-bond acceptors (Lipinski definition) is 3. The highest BCUT2D eigenvalue weighted by Crippen LogP contribution is 2.40. The molecule has 6 heteroatoms. The summed E-state index contributed by atoms with van der Waals surface area (Å²) in [4.78, 5) is 0. The van der Waals surface area contributed by atoms with Gasteiger partial charge < -0.3 is 10.5 Å². The smallest absolute Gasteiger partial charge is 0.165 e. The van der Waals surface area contributed by atoms with Crippen molar-refractivity contribution in [3.05, 3.63) is 28.6 Å². The molecule has 1 aromatic carbocycles. The summed E-state index contributed by atoms with van der Waals surface area (Å²) in [5, 5.41) is 4.03. The summed E-state index contributed by atoms with van der Waals surface area (Å²) < 4.78 is 20.9. The maximum Gasteiger partial charge on any atom is 0.165 e. The van der Waals surface area contributed by atoms with Crippen LogP contribution in [0.15, 0.2) is 22.8 Å². The topological polar surface area (TPSA) is 53.1 Å². The Labute approximate surface area is 106 Å². The zero-order valence-corrected chi connectivity index (χ0v) is 11.0. The van der Waals surface area contributed by atoms with Gasteiger partial charge in [-0.1, -0.05) is 15.9 Å². The first-order valence-corrected chi connectivity index (χ1v) is 5.65. The summed E-state index contributed by atoms with van der Waals surface area (Å²) >= 11 is 3.36. The number of hydrogen-bond donors (Lipinski definition) is 1. The Hall–Kier alpha value is -1.56. The number of halogens is 2. The molecule has 2 N–H and O–H groups in total. The van der Waals surface area contributed by atoms with E-state index in [2.05, 4.69) is 21.0 Å². The standard InChI is InChI=1S/C11H11BrFN3O/c1-16-11(14)6(5-15-16)9-7(12)3-4-8(13)10(9)17-2/h3-5H,14H2,1-2H3. The first-order chi connectivity index (χ1) is 8.06. The number of rotatable bonds is 2. The average molecular weight is 300 g/mol. The quantitative estimate of drug-likeness (QED) is 0.927. The molecule has 0 spiro atoms. The molecule has 0 saturated heterocycles. The van der Waals surface area contributed by atoms with Gasteiger partial charge in [0.15, 0.2) is 11.6 Å². The summed E-state index contributed by atoms with van der Waals surface area (Å²) in [6.45, 7) is 0. The Morgan fingerprint density at radius 2 is 2.18 bits per heavy atom. The molecule has 1 aromatic heterocycles. The van der Waals surface area contributed by atoms with E-state index in [-0.39, 0.29) is 5.75 Å². The van der Waals surface area contributed by atoms with Gasteiger partial charge in [-0.25, -0.2) is 4.39 Å². The highest BCUT2D eigenvalue weighted by molar-refractivity contribution is 9.10. The fourth-order valence-electron chi connectivity index (χ4n) is 1.62. The lowest BCUT2D eigenvalue weighted by molar-refractivity contribution is 0.388. The second-order valence-corrected chi connectivity index (χ2v) is 4.36. The van der Waals surface area contributed by atoms with Crippen LogP contribution in [0.5, 0.6) is 5.75 Å². The molecule has 90 valence electrons. The van der Waals surface area contributed by atoms with E-state index in [1.165, 1.54) is 17.9 Å². The number of anilines is 1. The molecule has 0 amide bonds. The molecular weight excluding hydrogens is 289 g/mol. The fraction of sp³-hybridized carbons (Fsp3) is 0.182. The molecule has 0 atom stereocenters. The van der Waals surface area contributed by atoms with E-state index in [0.29, 0.717) is 21.4 Å². The number of aromatic nitrogens is 2. The third-order valence-corrected chi connectivity index (χ3v) is 3.18. The van der Waals surface area contributed by atoms with Crippen molar-refractivity contribution in [1.82, 2.24) is 9.78 Å². The van der Waals surface area contributed by atoms with Crippen LogP contribution in [0.2, 0.25) is 0 Å². The number of nitrogens with two attached hydrogens (primary N) is 1. The van der Waals surface area contributed by atoms with E-state index >= 15 is 0 Å². The van der Waals surface area contributed by atoms with Gasteiger partial charge in [0.05, 0.1) is 13.3 Å². The van der Waals surface area contributed by atoms with Crippen molar-refractivity contribution in [3.63, 3.8) is 0 Å². The molecule has 0 unspecified atom stereocenters. The van der Waals surface area contributed by atoms with Crippen LogP contribution >= 0.6 is 15.9 Å². The van der Waals surface area contributed by atoms with Crippen LogP contribution in [0.25, 0.3) is 11.1 Å². The van der Waals surface area contributed by atoms with Crippen LogP contribution in [0, 0.1) is 5.82 Å². The van der Waals surface area contributed by atoms with Gasteiger partial charge in [0, 0.05) is 22.6 Å². The molecule has 4 nitrogen and oxygen atoms in total. The first-order valence-electron chi connectivity index (χ1n) is 4.86. The van der Waals surface area contributed by atoms with Crippen molar-refractivity contribution in [2.45, 2.75) is 0 Å². The van der Waals surface area contributed by atoms with E-state index in [9.17, 15) is 4.39 Å². The van der Waals surface area contributed by atoms with Gasteiger partial charge in [-0.15, -0.1) is 0 Å². The van der Waals surface area contributed by atoms with Crippen LogP contribution in [0.1, 0.15) is 0 Å². The van der Waals surface area contributed by atoms with Crippen LogP contribution in [0.3, 0.4) is 0 Å². The maximum absolute atomic E-state index is 13.6. The Morgan fingerprint density at radius 3 is 2.71 bits per heavy atom. The summed E-state index contributed by atoms with van der Waals surface area (Å²) in [5.74, 6) is 0.169. The summed E-state index contributed by atoms with van der Waals surface area (Å²) in [5.41, 5.74) is 7.08. The van der Waals surface area contributed by atoms with Crippen LogP contribution in [-0.2, 0) is 7.05 Å². The number of nitrogens with zero attached hydrogens (tertiary/aromatic N) is 2. The molecule has 2 rings (SSSR count). The van der Waals surface area contributed by atoms with Crippen molar-refractivity contribution in [1.29, 1.82) is 0 Å². The molecule has 0 radical (unpaired) electrons. The molecule has 0 bridgehead atoms. The van der Waals surface area contributed by atoms with Crippen molar-refractivity contribution in [3.8, 4) is 16.9 Å². The van der Waals surface area contributed by atoms with Gasteiger partial charge >= 0.3 is 0 Å². The lowest BCUT2D eigenvalue weighted by Gasteiger charge is -2.11. The zero-order valence-electron chi connectivity index (χ0n) is 9.37. The molecule has 1 heterocycles. The molecule has 0 aliphatic rings. The van der Waals surface area contributed by atoms with Crippen LogP contribution in [-0.4, -0.2) is 16.9 Å². The molecule has 0 fully saturated rings. The highest BCUT2D eigenvalue weighted by Gasteiger charge is 2.18. The number of methoxy groups -OCH3 is 1. The van der Waals surface area contributed by atoms with Gasteiger partial charge in [0.2, 0.25) is 0 Å². The Kier molecular flexibility index (Phi) is 3.06. The average Bonchev–Trinajstić information content (AvgIpc) is 2.63. The summed E-state index contributed by atoms with van der Waals surface area (Å²) in [7, 11) is 3.14. The Bertz CT molecular complexity index is 568. The second kappa shape index (κ2) is 4.37. The van der Waals surface area contributed by atoms with E-state index < -0.39 is 5.82 Å². The largest absolute Gasteiger partial charge is 0.493 e. The van der Waals surface area contributed by atoms with Crippen molar-refractivity contribution in [2.75, 3.05) is 12.8 Å². The zero-order chi connectivity index (χ0) is 12.6. The van der Waals surface area contributed by atoms with Crippen molar-refractivity contribution in [2.24, 2.45) is 7.05 Å². The minimum atomic E-state index is -0.436. The first kappa shape index (κ1) is 11.9. The number of ether oxygens (including phenoxy) is 1. The van der Waals surface area contributed by atoms with Gasteiger partial charge in [-0.05, 0) is 12.1 Å². The van der Waals surface area contributed by atoms with E-state index in [4.69, 9.17) is 10.5 Å². The third-order valence-electron chi connectivity index (χ3n) is 2.52. The lowest BCUT2D eigenvalue weighted by atomic mass is 10.1. The maximum atomic E-state index is 13.6. The highest BCUT2D eigenvalue weighted by atomic mass is 79.9.